The van der Waals surface area contributed by atoms with Crippen LogP contribution in [0.25, 0.3) is 0 Å². The maximum Gasteiger partial charge on any atom is 0.253 e. The Bertz CT molecular complexity index is 974. The molecule has 3 rings (SSSR count). The monoisotopic (exact) mass is 410 g/mol. The molecule has 0 unspecified atom stereocenters. The Morgan fingerprint density at radius 3 is 2.43 bits per heavy atom. The zero-order valence-electron chi connectivity index (χ0n) is 15.3. The van der Waals surface area contributed by atoms with Crippen molar-refractivity contribution in [2.45, 2.75) is 11.5 Å². The van der Waals surface area contributed by atoms with E-state index >= 15 is 0 Å². The van der Waals surface area contributed by atoms with Crippen LogP contribution in [-0.2, 0) is 21.4 Å². The van der Waals surface area contributed by atoms with Crippen molar-refractivity contribution in [3.05, 3.63) is 65.2 Å². The minimum absolute atomic E-state index is 0.0304. The predicted molar refractivity (Wildman–Crippen MR) is 98.2 cm³/mol. The summed E-state index contributed by atoms with van der Waals surface area (Å²) in [4.78, 5) is 13.7. The molecular formula is C19H20F2N2O4S. The summed E-state index contributed by atoms with van der Waals surface area (Å²) >= 11 is 0. The molecule has 0 radical (unpaired) electrons. The first kappa shape index (κ1) is 20.4. The number of benzene rings is 2. The van der Waals surface area contributed by atoms with Crippen molar-refractivity contribution in [2.24, 2.45) is 0 Å². The van der Waals surface area contributed by atoms with Crippen molar-refractivity contribution < 1.29 is 26.7 Å². The molecule has 6 nitrogen and oxygen atoms in total. The van der Waals surface area contributed by atoms with Crippen LogP contribution in [0, 0.1) is 11.6 Å². The van der Waals surface area contributed by atoms with E-state index in [4.69, 9.17) is 4.74 Å². The molecule has 0 N–H and O–H groups in total. The second-order valence-corrected chi connectivity index (χ2v) is 8.31. The number of hydrogen-bond acceptors (Lipinski definition) is 4. The van der Waals surface area contributed by atoms with Gasteiger partial charge in [-0.05, 0) is 29.8 Å². The lowest BCUT2D eigenvalue weighted by atomic mass is 10.1. The van der Waals surface area contributed by atoms with Crippen molar-refractivity contribution in [3.63, 3.8) is 0 Å². The van der Waals surface area contributed by atoms with Crippen LogP contribution in [0.5, 0.6) is 0 Å². The van der Waals surface area contributed by atoms with Gasteiger partial charge in [0.15, 0.2) is 0 Å². The van der Waals surface area contributed by atoms with Crippen LogP contribution in [0.3, 0.4) is 0 Å². The quantitative estimate of drug-likeness (QED) is 0.759. The van der Waals surface area contributed by atoms with E-state index in [1.54, 1.807) is 30.2 Å². The highest BCUT2D eigenvalue weighted by molar-refractivity contribution is 7.89. The van der Waals surface area contributed by atoms with Gasteiger partial charge >= 0.3 is 0 Å². The molecule has 0 bridgehead atoms. The van der Waals surface area contributed by atoms with E-state index in [1.807, 2.05) is 6.07 Å². The van der Waals surface area contributed by atoms with Crippen molar-refractivity contribution in [3.8, 4) is 0 Å². The van der Waals surface area contributed by atoms with Crippen molar-refractivity contribution in [1.29, 1.82) is 0 Å². The summed E-state index contributed by atoms with van der Waals surface area (Å²) < 4.78 is 58.4. The lowest BCUT2D eigenvalue weighted by Crippen LogP contribution is -2.50. The Labute approximate surface area is 162 Å². The average Bonchev–Trinajstić information content (AvgIpc) is 2.68. The maximum atomic E-state index is 13.9. The highest BCUT2D eigenvalue weighted by atomic mass is 32.2. The lowest BCUT2D eigenvalue weighted by molar-refractivity contribution is 0.0697. The number of carbonyl (C=O) groups excluding carboxylic acids is 1. The number of sulfonamides is 1. The number of halogens is 2. The standard InChI is InChI=1S/C19H20F2N2O4S/c1-27-13-14-3-2-4-15(11-14)19(24)22-7-9-23(10-8-22)28(25,26)18-6-5-16(20)12-17(18)21/h2-6,11-12H,7-10,13H2,1H3. The normalized spacial score (nSPS) is 15.6. The Kier molecular flexibility index (Phi) is 6.07. The molecule has 2 aromatic rings. The van der Waals surface area contributed by atoms with Crippen LogP contribution in [-0.4, -0.2) is 56.8 Å². The molecule has 1 amide bonds. The zero-order chi connectivity index (χ0) is 20.3. The number of amides is 1. The Balaban J connectivity index is 1.70. The third-order valence-electron chi connectivity index (χ3n) is 4.52. The molecule has 1 heterocycles. The maximum absolute atomic E-state index is 13.9. The molecule has 0 atom stereocenters. The summed E-state index contributed by atoms with van der Waals surface area (Å²) in [7, 11) is -2.53. The van der Waals surface area contributed by atoms with Gasteiger partial charge in [0.2, 0.25) is 10.0 Å². The molecule has 1 aliphatic heterocycles. The first-order chi connectivity index (χ1) is 13.3. The molecule has 0 aliphatic carbocycles. The van der Waals surface area contributed by atoms with Crippen LogP contribution >= 0.6 is 0 Å². The lowest BCUT2D eigenvalue weighted by Gasteiger charge is -2.34. The van der Waals surface area contributed by atoms with E-state index in [-0.39, 0.29) is 32.1 Å². The Hall–Kier alpha value is -2.36. The molecule has 28 heavy (non-hydrogen) atoms. The molecular weight excluding hydrogens is 390 g/mol. The average molecular weight is 410 g/mol. The van der Waals surface area contributed by atoms with Gasteiger partial charge in [0.25, 0.3) is 5.91 Å². The summed E-state index contributed by atoms with van der Waals surface area (Å²) in [6.45, 7) is 0.798. The SMILES string of the molecule is COCc1cccc(C(=O)N2CCN(S(=O)(=O)c3ccc(F)cc3F)CC2)c1. The van der Waals surface area contributed by atoms with Crippen LogP contribution in [0.15, 0.2) is 47.4 Å². The van der Waals surface area contributed by atoms with Gasteiger partial charge in [0.05, 0.1) is 6.61 Å². The minimum Gasteiger partial charge on any atom is -0.380 e. The molecule has 0 spiro atoms. The van der Waals surface area contributed by atoms with Crippen LogP contribution in [0.2, 0.25) is 0 Å². The summed E-state index contributed by atoms with van der Waals surface area (Å²) in [5.41, 5.74) is 1.36. The number of ether oxygens (including phenoxy) is 1. The van der Waals surface area contributed by atoms with E-state index in [0.717, 1.165) is 22.0 Å². The van der Waals surface area contributed by atoms with Gasteiger partial charge in [-0.15, -0.1) is 0 Å². The topological polar surface area (TPSA) is 66.9 Å². The highest BCUT2D eigenvalue weighted by Gasteiger charge is 2.32. The van der Waals surface area contributed by atoms with Gasteiger partial charge in [-0.25, -0.2) is 17.2 Å². The van der Waals surface area contributed by atoms with Crippen LogP contribution in [0.1, 0.15) is 15.9 Å². The first-order valence-electron chi connectivity index (χ1n) is 8.65. The summed E-state index contributed by atoms with van der Waals surface area (Å²) in [6.07, 6.45) is 0. The van der Waals surface area contributed by atoms with Gasteiger partial charge in [-0.2, -0.15) is 4.31 Å². The van der Waals surface area contributed by atoms with E-state index in [2.05, 4.69) is 0 Å². The van der Waals surface area contributed by atoms with Crippen molar-refractivity contribution >= 4 is 15.9 Å². The summed E-state index contributed by atoms with van der Waals surface area (Å²) in [5.74, 6) is -2.18. The second kappa shape index (κ2) is 8.34. The first-order valence-corrected chi connectivity index (χ1v) is 10.1. The molecule has 9 heteroatoms. The number of hydrogen-bond donors (Lipinski definition) is 0. The van der Waals surface area contributed by atoms with E-state index in [1.165, 1.54) is 0 Å². The van der Waals surface area contributed by atoms with Crippen molar-refractivity contribution in [2.75, 3.05) is 33.3 Å². The number of carbonyl (C=O) groups is 1. The number of methoxy groups -OCH3 is 1. The number of piperazine rings is 1. The largest absolute Gasteiger partial charge is 0.380 e. The van der Waals surface area contributed by atoms with E-state index in [9.17, 15) is 22.0 Å². The van der Waals surface area contributed by atoms with Gasteiger partial charge in [-0.3, -0.25) is 4.79 Å². The molecule has 1 fully saturated rings. The Morgan fingerprint density at radius 2 is 1.79 bits per heavy atom. The van der Waals surface area contributed by atoms with Gasteiger partial charge in [0.1, 0.15) is 16.5 Å². The third kappa shape index (κ3) is 4.21. The smallest absolute Gasteiger partial charge is 0.253 e. The fourth-order valence-corrected chi connectivity index (χ4v) is 4.57. The van der Waals surface area contributed by atoms with Crippen molar-refractivity contribution in [1.82, 2.24) is 9.21 Å². The number of rotatable bonds is 5. The molecule has 1 saturated heterocycles. The van der Waals surface area contributed by atoms with Gasteiger partial charge < -0.3 is 9.64 Å². The van der Waals surface area contributed by atoms with Crippen LogP contribution < -0.4 is 0 Å². The minimum atomic E-state index is -4.10. The highest BCUT2D eigenvalue weighted by Crippen LogP contribution is 2.22. The van der Waals surface area contributed by atoms with Gasteiger partial charge in [-0.1, -0.05) is 12.1 Å². The number of nitrogens with zero attached hydrogens (tertiary/aromatic N) is 2. The molecule has 0 saturated carbocycles. The molecule has 2 aromatic carbocycles. The molecule has 150 valence electrons. The summed E-state index contributed by atoms with van der Waals surface area (Å²) in [6, 6.07) is 9.41. The zero-order valence-corrected chi connectivity index (χ0v) is 16.1. The fourth-order valence-electron chi connectivity index (χ4n) is 3.10. The third-order valence-corrected chi connectivity index (χ3v) is 6.45. The van der Waals surface area contributed by atoms with Gasteiger partial charge in [0, 0.05) is 44.9 Å². The van der Waals surface area contributed by atoms with Crippen LogP contribution in [0.4, 0.5) is 8.78 Å². The molecule has 1 aliphatic rings. The second-order valence-electron chi connectivity index (χ2n) is 6.40. The van der Waals surface area contributed by atoms with E-state index < -0.39 is 26.6 Å². The predicted octanol–water partition coefficient (Wildman–Crippen LogP) is 2.26. The fraction of sp³-hybridized carbons (Fsp3) is 0.316. The van der Waals surface area contributed by atoms with E-state index in [0.29, 0.717) is 18.2 Å². The molecule has 0 aromatic heterocycles. The summed E-state index contributed by atoms with van der Waals surface area (Å²) in [5, 5.41) is 0. The Morgan fingerprint density at radius 1 is 1.07 bits per heavy atom.